The monoisotopic (exact) mass is 357 g/mol. The Balaban J connectivity index is 1.92. The summed E-state index contributed by atoms with van der Waals surface area (Å²) in [6.07, 6.45) is 6.70. The van der Waals surface area contributed by atoms with Crippen LogP contribution in [0.25, 0.3) is 28.1 Å². The van der Waals surface area contributed by atoms with Crippen LogP contribution in [0.1, 0.15) is 11.1 Å². The standard InChI is InChI=1S/C19H11N5OS/c20-8-13-10-23-15-4-3-11(7-16-18(25)24-19(21)26-16)6-14(15)17(13)12-2-1-5-22-9-12/h1-7,9-10H,(H2,21,24,25)/b16-7-. The van der Waals surface area contributed by atoms with Gasteiger partial charge in [0.2, 0.25) is 0 Å². The number of aliphatic imine (C=N–C) groups is 1. The SMILES string of the molecule is N#Cc1cnc2ccc(/C=C3\SC(N)=NC3=O)cc2c1-c1cccnc1. The molecule has 0 aliphatic carbocycles. The van der Waals surface area contributed by atoms with Crippen molar-refractivity contribution < 1.29 is 4.79 Å². The van der Waals surface area contributed by atoms with E-state index in [1.54, 1.807) is 24.7 Å². The van der Waals surface area contributed by atoms with E-state index in [1.165, 1.54) is 0 Å². The van der Waals surface area contributed by atoms with E-state index < -0.39 is 0 Å². The van der Waals surface area contributed by atoms with Gasteiger partial charge in [-0.15, -0.1) is 0 Å². The molecule has 0 saturated carbocycles. The van der Waals surface area contributed by atoms with Crippen LogP contribution in [-0.4, -0.2) is 21.0 Å². The Bertz CT molecular complexity index is 1150. The number of hydrogen-bond donors (Lipinski definition) is 1. The van der Waals surface area contributed by atoms with E-state index in [0.29, 0.717) is 10.5 Å². The number of thioether (sulfide) groups is 1. The molecular weight excluding hydrogens is 346 g/mol. The lowest BCUT2D eigenvalue weighted by Gasteiger charge is -2.09. The highest BCUT2D eigenvalue weighted by atomic mass is 32.2. The highest BCUT2D eigenvalue weighted by Gasteiger charge is 2.19. The largest absolute Gasteiger partial charge is 0.378 e. The third kappa shape index (κ3) is 2.83. The van der Waals surface area contributed by atoms with Gasteiger partial charge in [0.05, 0.1) is 16.0 Å². The normalized spacial score (nSPS) is 15.3. The molecule has 0 unspecified atom stereocenters. The van der Waals surface area contributed by atoms with Crippen LogP contribution in [0.4, 0.5) is 0 Å². The second-order valence-electron chi connectivity index (χ2n) is 5.54. The van der Waals surface area contributed by atoms with Gasteiger partial charge in [-0.1, -0.05) is 12.1 Å². The van der Waals surface area contributed by atoms with Crippen LogP contribution in [0.5, 0.6) is 0 Å². The van der Waals surface area contributed by atoms with E-state index in [4.69, 9.17) is 5.73 Å². The number of aromatic nitrogens is 2. The maximum atomic E-state index is 11.8. The van der Waals surface area contributed by atoms with Gasteiger partial charge in [-0.2, -0.15) is 10.3 Å². The summed E-state index contributed by atoms with van der Waals surface area (Å²) in [7, 11) is 0. The predicted octanol–water partition coefficient (Wildman–Crippen LogP) is 3.10. The second kappa shape index (κ2) is 6.43. The van der Waals surface area contributed by atoms with Crippen molar-refractivity contribution in [2.75, 3.05) is 0 Å². The number of benzene rings is 1. The third-order valence-electron chi connectivity index (χ3n) is 3.90. The lowest BCUT2D eigenvalue weighted by molar-refractivity contribution is -0.113. The van der Waals surface area contributed by atoms with Gasteiger partial charge in [0.25, 0.3) is 5.91 Å². The Hall–Kier alpha value is -3.50. The summed E-state index contributed by atoms with van der Waals surface area (Å²) in [5.74, 6) is -0.344. The first kappa shape index (κ1) is 16.0. The minimum Gasteiger partial charge on any atom is -0.378 e. The number of carbonyl (C=O) groups is 1. The number of nitrogens with zero attached hydrogens (tertiary/aromatic N) is 4. The predicted molar refractivity (Wildman–Crippen MR) is 102 cm³/mol. The summed E-state index contributed by atoms with van der Waals surface area (Å²) in [6, 6.07) is 11.5. The highest BCUT2D eigenvalue weighted by molar-refractivity contribution is 8.18. The van der Waals surface area contributed by atoms with E-state index in [2.05, 4.69) is 21.0 Å². The quantitative estimate of drug-likeness (QED) is 0.707. The van der Waals surface area contributed by atoms with Crippen molar-refractivity contribution in [2.24, 2.45) is 10.7 Å². The summed E-state index contributed by atoms with van der Waals surface area (Å²) < 4.78 is 0. The smallest absolute Gasteiger partial charge is 0.286 e. The molecule has 1 amide bonds. The van der Waals surface area contributed by atoms with Crippen molar-refractivity contribution in [3.05, 3.63) is 65.0 Å². The Labute approximate surface area is 153 Å². The van der Waals surface area contributed by atoms with Crippen LogP contribution in [0.3, 0.4) is 0 Å². The Morgan fingerprint density at radius 1 is 1.23 bits per heavy atom. The molecular formula is C19H11N5OS. The number of nitriles is 1. The van der Waals surface area contributed by atoms with Gasteiger partial charge < -0.3 is 5.73 Å². The first-order valence-electron chi connectivity index (χ1n) is 7.67. The van der Waals surface area contributed by atoms with Crippen LogP contribution >= 0.6 is 11.8 Å². The minimum atomic E-state index is -0.344. The molecule has 1 aliphatic rings. The molecule has 2 aromatic heterocycles. The summed E-state index contributed by atoms with van der Waals surface area (Å²) in [6.45, 7) is 0. The van der Waals surface area contributed by atoms with Gasteiger partial charge in [-0.05, 0) is 41.6 Å². The van der Waals surface area contributed by atoms with Crippen molar-refractivity contribution in [1.82, 2.24) is 9.97 Å². The molecule has 0 bridgehead atoms. The fourth-order valence-corrected chi connectivity index (χ4v) is 3.47. The van der Waals surface area contributed by atoms with Crippen molar-refractivity contribution in [1.29, 1.82) is 5.26 Å². The molecule has 0 saturated heterocycles. The zero-order valence-electron chi connectivity index (χ0n) is 13.4. The first-order chi connectivity index (χ1) is 12.7. The molecule has 0 spiro atoms. The maximum absolute atomic E-state index is 11.8. The van der Waals surface area contributed by atoms with Gasteiger partial charge in [0.1, 0.15) is 6.07 Å². The van der Waals surface area contributed by atoms with Gasteiger partial charge in [-0.3, -0.25) is 14.8 Å². The summed E-state index contributed by atoms with van der Waals surface area (Å²) in [5.41, 5.74) is 9.23. The lowest BCUT2D eigenvalue weighted by Crippen LogP contribution is -2.01. The van der Waals surface area contributed by atoms with Crippen molar-refractivity contribution in [3.63, 3.8) is 0 Å². The molecule has 3 heterocycles. The molecule has 0 radical (unpaired) electrons. The second-order valence-corrected chi connectivity index (χ2v) is 6.61. The van der Waals surface area contributed by atoms with Gasteiger partial charge >= 0.3 is 0 Å². The van der Waals surface area contributed by atoms with Crippen LogP contribution in [0, 0.1) is 11.3 Å². The molecule has 7 heteroatoms. The van der Waals surface area contributed by atoms with E-state index in [9.17, 15) is 10.1 Å². The van der Waals surface area contributed by atoms with Crippen molar-refractivity contribution in [2.45, 2.75) is 0 Å². The number of carbonyl (C=O) groups excluding carboxylic acids is 1. The summed E-state index contributed by atoms with van der Waals surface area (Å²) >= 11 is 1.14. The van der Waals surface area contributed by atoms with Gasteiger partial charge in [-0.25, -0.2) is 0 Å². The van der Waals surface area contributed by atoms with E-state index >= 15 is 0 Å². The van der Waals surface area contributed by atoms with E-state index in [-0.39, 0.29) is 11.1 Å². The number of amidine groups is 1. The fraction of sp³-hybridized carbons (Fsp3) is 0. The molecule has 0 fully saturated rings. The number of amides is 1. The van der Waals surface area contributed by atoms with Crippen molar-refractivity contribution in [3.8, 4) is 17.2 Å². The fourth-order valence-electron chi connectivity index (χ4n) is 2.78. The third-order valence-corrected chi connectivity index (χ3v) is 4.71. The zero-order valence-corrected chi connectivity index (χ0v) is 14.2. The van der Waals surface area contributed by atoms with E-state index in [0.717, 1.165) is 39.4 Å². The number of pyridine rings is 2. The van der Waals surface area contributed by atoms with Crippen LogP contribution in [0.15, 0.2) is 58.8 Å². The molecule has 1 aromatic carbocycles. The van der Waals surface area contributed by atoms with Crippen LogP contribution in [-0.2, 0) is 4.79 Å². The topological polar surface area (TPSA) is 105 Å². The molecule has 6 nitrogen and oxygen atoms in total. The molecule has 1 aliphatic heterocycles. The van der Waals surface area contributed by atoms with Gasteiger partial charge in [0, 0.05) is 35.1 Å². The van der Waals surface area contributed by atoms with E-state index in [1.807, 2.05) is 30.3 Å². The number of hydrogen-bond acceptors (Lipinski definition) is 6. The molecule has 3 aromatic rings. The number of nitrogens with two attached hydrogens (primary N) is 1. The average Bonchev–Trinajstić information content (AvgIpc) is 2.98. The van der Waals surface area contributed by atoms with Gasteiger partial charge in [0.15, 0.2) is 5.17 Å². The Morgan fingerprint density at radius 2 is 2.12 bits per heavy atom. The average molecular weight is 357 g/mol. The molecule has 4 rings (SSSR count). The number of fused-ring (bicyclic) bond motifs is 1. The molecule has 124 valence electrons. The molecule has 0 atom stereocenters. The maximum Gasteiger partial charge on any atom is 0.286 e. The highest BCUT2D eigenvalue weighted by Crippen LogP contribution is 2.32. The molecule has 2 N–H and O–H groups in total. The minimum absolute atomic E-state index is 0.242. The number of rotatable bonds is 2. The van der Waals surface area contributed by atoms with Crippen LogP contribution < -0.4 is 5.73 Å². The summed E-state index contributed by atoms with van der Waals surface area (Å²) in [4.78, 5) is 24.5. The lowest BCUT2D eigenvalue weighted by atomic mass is 9.97. The Kier molecular flexibility index (Phi) is 3.95. The van der Waals surface area contributed by atoms with Crippen LogP contribution in [0.2, 0.25) is 0 Å². The summed E-state index contributed by atoms with van der Waals surface area (Å²) in [5, 5.41) is 10.6. The zero-order chi connectivity index (χ0) is 18.1. The molecule has 26 heavy (non-hydrogen) atoms. The first-order valence-corrected chi connectivity index (χ1v) is 8.48. The van der Waals surface area contributed by atoms with Crippen molar-refractivity contribution >= 4 is 39.8 Å². The Morgan fingerprint density at radius 3 is 2.81 bits per heavy atom.